The number of thiazole rings is 2. The van der Waals surface area contributed by atoms with Gasteiger partial charge >= 0.3 is 0 Å². The molecule has 3 nitrogen and oxygen atoms in total. The summed E-state index contributed by atoms with van der Waals surface area (Å²) in [6, 6.07) is 0. The topological polar surface area (TPSA) is 37.8 Å². The summed E-state index contributed by atoms with van der Waals surface area (Å²) in [7, 11) is 0. The third kappa shape index (κ3) is 1.62. The minimum Gasteiger partial charge on any atom is -0.316 e. The largest absolute Gasteiger partial charge is 0.316 e. The molecule has 2 heterocycles. The van der Waals surface area contributed by atoms with Crippen LogP contribution < -0.4 is 5.32 Å². The van der Waals surface area contributed by atoms with Crippen molar-refractivity contribution >= 4 is 33.6 Å². The summed E-state index contributed by atoms with van der Waals surface area (Å²) in [5, 5.41) is 5.97. The second-order valence-corrected chi connectivity index (χ2v) is 4.23. The summed E-state index contributed by atoms with van der Waals surface area (Å²) in [6.07, 6.45) is 1.85. The van der Waals surface area contributed by atoms with Crippen LogP contribution in [0.15, 0.2) is 17.1 Å². The third-order valence-corrected chi connectivity index (χ3v) is 2.70. The van der Waals surface area contributed by atoms with Crippen LogP contribution in [0.3, 0.4) is 0 Å². The number of aromatic nitrogens is 2. The van der Waals surface area contributed by atoms with Crippen molar-refractivity contribution in [2.45, 2.75) is 6.92 Å². The Bertz CT molecular complexity index is 352. The summed E-state index contributed by atoms with van der Waals surface area (Å²) < 4.78 is 0. The Balaban J connectivity index is 2.14. The molecule has 0 aromatic carbocycles. The molecule has 0 aliphatic carbocycles. The fraction of sp³-hybridized carbons (Fsp3) is 0.143. The van der Waals surface area contributed by atoms with Gasteiger partial charge in [0.05, 0.1) is 5.51 Å². The summed E-state index contributed by atoms with van der Waals surface area (Å²) in [5.41, 5.74) is 1.79. The molecular formula is C7H7N3S2. The number of anilines is 2. The Labute approximate surface area is 78.1 Å². The average molecular weight is 197 g/mol. The molecule has 62 valence electrons. The first kappa shape index (κ1) is 7.70. The van der Waals surface area contributed by atoms with E-state index in [1.165, 1.54) is 4.88 Å². The van der Waals surface area contributed by atoms with Crippen molar-refractivity contribution in [3.05, 3.63) is 22.0 Å². The average Bonchev–Trinajstić information content (AvgIpc) is 2.63. The van der Waals surface area contributed by atoms with E-state index in [2.05, 4.69) is 15.3 Å². The van der Waals surface area contributed by atoms with Crippen molar-refractivity contribution in [3.63, 3.8) is 0 Å². The van der Waals surface area contributed by atoms with Crippen LogP contribution in [0.25, 0.3) is 0 Å². The van der Waals surface area contributed by atoms with Gasteiger partial charge in [0, 0.05) is 16.5 Å². The summed E-state index contributed by atoms with van der Waals surface area (Å²) >= 11 is 3.20. The predicted molar refractivity (Wildman–Crippen MR) is 52.2 cm³/mol. The Morgan fingerprint density at radius 3 is 2.92 bits per heavy atom. The van der Waals surface area contributed by atoms with Gasteiger partial charge in [0.2, 0.25) is 0 Å². The number of nitrogens with zero attached hydrogens (tertiary/aromatic N) is 2. The van der Waals surface area contributed by atoms with Crippen molar-refractivity contribution in [1.29, 1.82) is 0 Å². The highest BCUT2D eigenvalue weighted by molar-refractivity contribution is 7.15. The molecule has 0 radical (unpaired) electrons. The summed E-state index contributed by atoms with van der Waals surface area (Å²) in [6.45, 7) is 2.03. The Morgan fingerprint density at radius 1 is 1.42 bits per heavy atom. The van der Waals surface area contributed by atoms with Crippen molar-refractivity contribution in [2.24, 2.45) is 0 Å². The van der Waals surface area contributed by atoms with Gasteiger partial charge in [0.15, 0.2) is 5.13 Å². The molecule has 0 spiro atoms. The lowest BCUT2D eigenvalue weighted by atomic mass is 10.7. The van der Waals surface area contributed by atoms with Crippen LogP contribution in [0, 0.1) is 6.92 Å². The molecule has 2 aromatic rings. The highest BCUT2D eigenvalue weighted by atomic mass is 32.1. The molecular weight excluding hydrogens is 190 g/mol. The van der Waals surface area contributed by atoms with E-state index < -0.39 is 0 Å². The molecule has 2 rings (SSSR count). The van der Waals surface area contributed by atoms with Gasteiger partial charge in [-0.25, -0.2) is 9.97 Å². The van der Waals surface area contributed by atoms with E-state index in [0.717, 1.165) is 10.9 Å². The van der Waals surface area contributed by atoms with E-state index in [4.69, 9.17) is 0 Å². The molecule has 1 N–H and O–H groups in total. The lowest BCUT2D eigenvalue weighted by Crippen LogP contribution is -1.87. The molecule has 0 amide bonds. The molecule has 0 atom stereocenters. The third-order valence-electron chi connectivity index (χ3n) is 1.29. The fourth-order valence-electron chi connectivity index (χ4n) is 0.796. The van der Waals surface area contributed by atoms with Crippen LogP contribution in [0.1, 0.15) is 4.88 Å². The number of hydrogen-bond acceptors (Lipinski definition) is 5. The minimum absolute atomic E-state index is 0.870. The van der Waals surface area contributed by atoms with E-state index >= 15 is 0 Å². The van der Waals surface area contributed by atoms with Crippen molar-refractivity contribution in [1.82, 2.24) is 9.97 Å². The van der Waals surface area contributed by atoms with E-state index in [9.17, 15) is 0 Å². The first-order valence-corrected chi connectivity index (χ1v) is 5.18. The highest BCUT2D eigenvalue weighted by Gasteiger charge is 1.99. The zero-order valence-corrected chi connectivity index (χ0v) is 8.08. The van der Waals surface area contributed by atoms with Crippen LogP contribution in [0.4, 0.5) is 10.9 Å². The normalized spacial score (nSPS) is 10.1. The first-order chi connectivity index (χ1) is 5.84. The quantitative estimate of drug-likeness (QED) is 0.804. The predicted octanol–water partition coefficient (Wildman–Crippen LogP) is 2.65. The molecule has 0 saturated heterocycles. The number of hydrogen-bond donors (Lipinski definition) is 1. The van der Waals surface area contributed by atoms with Crippen molar-refractivity contribution in [3.8, 4) is 0 Å². The van der Waals surface area contributed by atoms with Crippen LogP contribution >= 0.6 is 22.7 Å². The van der Waals surface area contributed by atoms with Gasteiger partial charge in [0.25, 0.3) is 0 Å². The van der Waals surface area contributed by atoms with Gasteiger partial charge in [0.1, 0.15) is 5.82 Å². The molecule has 0 bridgehead atoms. The van der Waals surface area contributed by atoms with Gasteiger partial charge in [-0.3, -0.25) is 0 Å². The molecule has 0 fully saturated rings. The smallest absolute Gasteiger partial charge is 0.188 e. The van der Waals surface area contributed by atoms with E-state index in [-0.39, 0.29) is 0 Å². The zero-order chi connectivity index (χ0) is 8.39. The maximum Gasteiger partial charge on any atom is 0.188 e. The lowest BCUT2D eigenvalue weighted by Gasteiger charge is -1.93. The van der Waals surface area contributed by atoms with Gasteiger partial charge in [-0.1, -0.05) is 0 Å². The zero-order valence-electron chi connectivity index (χ0n) is 6.44. The summed E-state index contributed by atoms with van der Waals surface area (Å²) in [4.78, 5) is 9.46. The Kier molecular flexibility index (Phi) is 2.05. The fourth-order valence-corrected chi connectivity index (χ4v) is 1.95. The van der Waals surface area contributed by atoms with E-state index in [1.807, 2.05) is 18.5 Å². The highest BCUT2D eigenvalue weighted by Crippen LogP contribution is 2.21. The molecule has 0 unspecified atom stereocenters. The Hall–Kier alpha value is -0.940. The molecule has 0 saturated carbocycles. The van der Waals surface area contributed by atoms with E-state index in [1.54, 1.807) is 28.2 Å². The molecule has 5 heteroatoms. The minimum atomic E-state index is 0.870. The molecule has 2 aromatic heterocycles. The first-order valence-electron chi connectivity index (χ1n) is 3.42. The van der Waals surface area contributed by atoms with Gasteiger partial charge in [-0.05, 0) is 6.92 Å². The molecule has 12 heavy (non-hydrogen) atoms. The van der Waals surface area contributed by atoms with Crippen molar-refractivity contribution < 1.29 is 0 Å². The van der Waals surface area contributed by atoms with Gasteiger partial charge in [-0.15, -0.1) is 22.7 Å². The lowest BCUT2D eigenvalue weighted by molar-refractivity contribution is 1.33. The van der Waals surface area contributed by atoms with Crippen LogP contribution in [0.2, 0.25) is 0 Å². The maximum atomic E-state index is 4.16. The van der Waals surface area contributed by atoms with Crippen LogP contribution in [-0.4, -0.2) is 9.97 Å². The number of nitrogens with one attached hydrogen (secondary N) is 1. The molecule has 0 aliphatic rings. The summed E-state index contributed by atoms with van der Waals surface area (Å²) in [5.74, 6) is 0.870. The van der Waals surface area contributed by atoms with E-state index in [0.29, 0.717) is 0 Å². The maximum absolute atomic E-state index is 4.16. The SMILES string of the molecule is Cc1cnc(Nc2cscn2)s1. The molecule has 0 aliphatic heterocycles. The van der Waals surface area contributed by atoms with Crippen molar-refractivity contribution in [2.75, 3.05) is 5.32 Å². The van der Waals surface area contributed by atoms with Crippen LogP contribution in [0.5, 0.6) is 0 Å². The Morgan fingerprint density at radius 2 is 2.33 bits per heavy atom. The second-order valence-electron chi connectivity index (χ2n) is 2.27. The number of aryl methyl sites for hydroxylation is 1. The van der Waals surface area contributed by atoms with Gasteiger partial charge < -0.3 is 5.32 Å². The van der Waals surface area contributed by atoms with Crippen LogP contribution in [-0.2, 0) is 0 Å². The second kappa shape index (κ2) is 3.20. The standard InChI is InChI=1S/C7H7N3S2/c1-5-2-8-7(12-5)10-6-3-11-4-9-6/h2-4H,1H3,(H,8,10). The van der Waals surface area contributed by atoms with Gasteiger partial charge in [-0.2, -0.15) is 0 Å². The number of rotatable bonds is 2. The monoisotopic (exact) mass is 197 g/mol.